The van der Waals surface area contributed by atoms with E-state index in [1.807, 2.05) is 60.8 Å². The van der Waals surface area contributed by atoms with Gasteiger partial charge in [0.1, 0.15) is 16.7 Å². The highest BCUT2D eigenvalue weighted by atomic mass is 32.2. The Morgan fingerprint density at radius 3 is 2.58 bits per heavy atom. The molecule has 0 spiro atoms. The Morgan fingerprint density at radius 2 is 1.92 bits per heavy atom. The number of carbonyl (C=O) groups excluding carboxylic acids is 1. The highest BCUT2D eigenvalue weighted by Crippen LogP contribution is 2.38. The Balaban J connectivity index is 1.51. The van der Waals surface area contributed by atoms with Crippen LogP contribution in [0.3, 0.4) is 0 Å². The zero-order chi connectivity index (χ0) is 25.3. The third-order valence-electron chi connectivity index (χ3n) is 5.94. The van der Waals surface area contributed by atoms with Crippen LogP contribution in [0.15, 0.2) is 78.4 Å². The zero-order valence-corrected chi connectivity index (χ0v) is 21.7. The predicted molar refractivity (Wildman–Crippen MR) is 147 cm³/mol. The van der Waals surface area contributed by atoms with Crippen LogP contribution >= 0.6 is 24.0 Å². The monoisotopic (exact) mass is 537 g/mol. The van der Waals surface area contributed by atoms with Crippen LogP contribution in [0.1, 0.15) is 12.0 Å². The molecule has 1 unspecified atom stereocenters. The van der Waals surface area contributed by atoms with Gasteiger partial charge in [0.15, 0.2) is 9.84 Å². The van der Waals surface area contributed by atoms with Crippen LogP contribution in [0.2, 0.25) is 0 Å². The van der Waals surface area contributed by atoms with Crippen molar-refractivity contribution in [1.82, 2.24) is 14.7 Å². The molecule has 3 heterocycles. The maximum atomic E-state index is 13.3. The van der Waals surface area contributed by atoms with E-state index in [0.717, 1.165) is 22.6 Å². The van der Waals surface area contributed by atoms with Gasteiger partial charge in [-0.3, -0.25) is 9.69 Å². The molecule has 0 aliphatic carbocycles. The molecule has 0 radical (unpaired) electrons. The second-order valence-electron chi connectivity index (χ2n) is 8.45. The molecular formula is C26H23N3O4S3. The molecule has 1 atom stereocenters. The van der Waals surface area contributed by atoms with Gasteiger partial charge in [-0.05, 0) is 48.9 Å². The molecule has 0 saturated carbocycles. The topological polar surface area (TPSA) is 81.5 Å². The number of benzene rings is 2. The predicted octanol–water partition coefficient (Wildman–Crippen LogP) is 4.49. The van der Waals surface area contributed by atoms with Crippen molar-refractivity contribution in [3.05, 3.63) is 83.9 Å². The standard InChI is InChI=1S/C26H23N3O4S3/c1-2-13-33-22-10-8-18(9-11-22)24-19(16-28(27-24)20-6-4-3-5-7-20)15-23-25(30)29(26(34)35-23)21-12-14-36(31,32)17-21/h2-11,15-16,21H,1,12-14,17H2. The summed E-state index contributed by atoms with van der Waals surface area (Å²) in [5.74, 6) is 0.479. The van der Waals surface area contributed by atoms with Gasteiger partial charge < -0.3 is 4.74 Å². The molecule has 36 heavy (non-hydrogen) atoms. The fourth-order valence-electron chi connectivity index (χ4n) is 4.21. The molecule has 5 rings (SSSR count). The van der Waals surface area contributed by atoms with Crippen molar-refractivity contribution in [2.45, 2.75) is 12.5 Å². The molecule has 3 aromatic rings. The van der Waals surface area contributed by atoms with E-state index in [4.69, 9.17) is 22.1 Å². The van der Waals surface area contributed by atoms with Gasteiger partial charge in [-0.1, -0.05) is 54.8 Å². The Morgan fingerprint density at radius 1 is 1.17 bits per heavy atom. The van der Waals surface area contributed by atoms with E-state index >= 15 is 0 Å². The summed E-state index contributed by atoms with van der Waals surface area (Å²) in [5, 5.41) is 4.81. The van der Waals surface area contributed by atoms with Gasteiger partial charge in [-0.2, -0.15) is 5.10 Å². The molecule has 2 aliphatic heterocycles. The van der Waals surface area contributed by atoms with E-state index < -0.39 is 15.9 Å². The second-order valence-corrected chi connectivity index (χ2v) is 12.4. The fraction of sp³-hybridized carbons (Fsp3) is 0.192. The zero-order valence-electron chi connectivity index (χ0n) is 19.2. The molecule has 10 heteroatoms. The van der Waals surface area contributed by atoms with Gasteiger partial charge in [0, 0.05) is 17.3 Å². The number of ether oxygens (including phenoxy) is 1. The van der Waals surface area contributed by atoms with E-state index in [1.54, 1.807) is 16.8 Å². The largest absolute Gasteiger partial charge is 0.490 e. The number of rotatable bonds is 7. The Kier molecular flexibility index (Phi) is 6.83. The van der Waals surface area contributed by atoms with E-state index in [1.165, 1.54) is 16.7 Å². The Bertz CT molecular complexity index is 1460. The molecule has 184 valence electrons. The summed E-state index contributed by atoms with van der Waals surface area (Å²) < 4.78 is 31.7. The summed E-state index contributed by atoms with van der Waals surface area (Å²) in [6.07, 6.45) is 5.75. The molecular weight excluding hydrogens is 515 g/mol. The first kappa shape index (κ1) is 24.5. The third kappa shape index (κ3) is 5.02. The van der Waals surface area contributed by atoms with Crippen LogP contribution in [-0.4, -0.2) is 57.5 Å². The highest BCUT2D eigenvalue weighted by molar-refractivity contribution is 8.26. The maximum absolute atomic E-state index is 13.3. The van der Waals surface area contributed by atoms with Gasteiger partial charge in [0.05, 0.1) is 33.8 Å². The summed E-state index contributed by atoms with van der Waals surface area (Å²) in [4.78, 5) is 15.2. The number of thioether (sulfide) groups is 1. The smallest absolute Gasteiger partial charge is 0.266 e. The Labute approximate surface area is 219 Å². The molecule has 0 bridgehead atoms. The lowest BCUT2D eigenvalue weighted by Crippen LogP contribution is -2.39. The van der Waals surface area contributed by atoms with Crippen molar-refractivity contribution in [2.75, 3.05) is 18.1 Å². The van der Waals surface area contributed by atoms with Gasteiger partial charge in [-0.15, -0.1) is 0 Å². The minimum atomic E-state index is -3.15. The lowest BCUT2D eigenvalue weighted by molar-refractivity contribution is -0.123. The van der Waals surface area contributed by atoms with Crippen molar-refractivity contribution in [3.8, 4) is 22.7 Å². The number of hydrogen-bond donors (Lipinski definition) is 0. The van der Waals surface area contributed by atoms with Gasteiger partial charge in [-0.25, -0.2) is 13.1 Å². The van der Waals surface area contributed by atoms with Crippen LogP contribution in [0.25, 0.3) is 23.0 Å². The minimum Gasteiger partial charge on any atom is -0.490 e. The van der Waals surface area contributed by atoms with Crippen LogP contribution in [0.4, 0.5) is 0 Å². The quantitative estimate of drug-likeness (QED) is 0.250. The van der Waals surface area contributed by atoms with Gasteiger partial charge in [0.25, 0.3) is 5.91 Å². The van der Waals surface area contributed by atoms with Crippen LogP contribution < -0.4 is 4.74 Å². The van der Waals surface area contributed by atoms with Crippen LogP contribution in [0.5, 0.6) is 5.75 Å². The van der Waals surface area contributed by atoms with Crippen molar-refractivity contribution >= 4 is 50.1 Å². The number of aromatic nitrogens is 2. The van der Waals surface area contributed by atoms with E-state index in [2.05, 4.69) is 6.58 Å². The second kappa shape index (κ2) is 10.0. The maximum Gasteiger partial charge on any atom is 0.266 e. The van der Waals surface area contributed by atoms with Crippen molar-refractivity contribution in [1.29, 1.82) is 0 Å². The number of sulfone groups is 1. The molecule has 2 aliphatic rings. The minimum absolute atomic E-state index is 0.0514. The first-order chi connectivity index (χ1) is 17.3. The number of amides is 1. The third-order valence-corrected chi connectivity index (χ3v) is 9.02. The molecule has 7 nitrogen and oxygen atoms in total. The molecule has 0 N–H and O–H groups in total. The van der Waals surface area contributed by atoms with Crippen molar-refractivity contribution in [2.24, 2.45) is 0 Å². The van der Waals surface area contributed by atoms with Gasteiger partial charge >= 0.3 is 0 Å². The number of nitrogens with zero attached hydrogens (tertiary/aromatic N) is 3. The van der Waals surface area contributed by atoms with Crippen molar-refractivity contribution < 1.29 is 17.9 Å². The molecule has 2 saturated heterocycles. The lowest BCUT2D eigenvalue weighted by atomic mass is 10.1. The van der Waals surface area contributed by atoms with Crippen LogP contribution in [0, 0.1) is 0 Å². The molecule has 2 aromatic carbocycles. The summed E-state index contributed by atoms with van der Waals surface area (Å²) >= 11 is 6.66. The fourth-order valence-corrected chi connectivity index (χ4v) is 7.30. The first-order valence-corrected chi connectivity index (χ1v) is 14.4. The summed E-state index contributed by atoms with van der Waals surface area (Å²) in [6.45, 7) is 4.08. The summed E-state index contributed by atoms with van der Waals surface area (Å²) in [6, 6.07) is 16.9. The number of para-hydroxylation sites is 1. The molecule has 2 fully saturated rings. The number of hydrogen-bond acceptors (Lipinski definition) is 7. The van der Waals surface area contributed by atoms with Crippen LogP contribution in [-0.2, 0) is 14.6 Å². The van der Waals surface area contributed by atoms with E-state index in [-0.39, 0.29) is 17.4 Å². The Hall–Kier alpha value is -3.21. The SMILES string of the molecule is C=CCOc1ccc(-c2nn(-c3ccccc3)cc2C=C2SC(=S)N(C3CCS(=O)(=O)C3)C2=O)cc1. The number of thiocarbonyl (C=S) groups is 1. The number of carbonyl (C=O) groups is 1. The summed E-state index contributed by atoms with van der Waals surface area (Å²) in [5.41, 5.74) is 3.19. The average Bonchev–Trinajstić information content (AvgIpc) is 3.53. The van der Waals surface area contributed by atoms with E-state index in [0.29, 0.717) is 27.9 Å². The molecule has 1 aromatic heterocycles. The summed E-state index contributed by atoms with van der Waals surface area (Å²) in [7, 11) is -3.15. The average molecular weight is 538 g/mol. The van der Waals surface area contributed by atoms with E-state index in [9.17, 15) is 13.2 Å². The van der Waals surface area contributed by atoms with Gasteiger partial charge in [0.2, 0.25) is 0 Å². The van der Waals surface area contributed by atoms with Crippen molar-refractivity contribution in [3.63, 3.8) is 0 Å². The normalized spacial score (nSPS) is 20.3. The lowest BCUT2D eigenvalue weighted by Gasteiger charge is -2.20. The molecule has 1 amide bonds. The highest BCUT2D eigenvalue weighted by Gasteiger charge is 2.42. The first-order valence-electron chi connectivity index (χ1n) is 11.3.